The molecule has 1 aliphatic rings. The standard InChI is InChI=1S/C22H33NO2/c1-13-11-22(8,9)25-16-10-15(21(6,7)12-20(3,4)5)19-18(17(13)16)23-14(2)24-19/h10,13H,11-12H2,1-9H3. The van der Waals surface area contributed by atoms with Gasteiger partial charge in [0.2, 0.25) is 0 Å². The van der Waals surface area contributed by atoms with Crippen molar-refractivity contribution >= 4 is 11.1 Å². The summed E-state index contributed by atoms with van der Waals surface area (Å²) in [6, 6.07) is 2.23. The monoisotopic (exact) mass is 343 g/mol. The quantitative estimate of drug-likeness (QED) is 0.623. The minimum Gasteiger partial charge on any atom is -0.487 e. The largest absolute Gasteiger partial charge is 0.487 e. The zero-order valence-electron chi connectivity index (χ0n) is 17.3. The van der Waals surface area contributed by atoms with Gasteiger partial charge in [0.25, 0.3) is 0 Å². The van der Waals surface area contributed by atoms with Gasteiger partial charge in [0.15, 0.2) is 11.5 Å². The Morgan fingerprint density at radius 1 is 1.20 bits per heavy atom. The number of ether oxygens (including phenoxy) is 1. The minimum absolute atomic E-state index is 0.0221. The number of rotatable bonds is 2. The van der Waals surface area contributed by atoms with Crippen LogP contribution < -0.4 is 4.74 Å². The molecule has 0 saturated carbocycles. The number of aromatic nitrogens is 1. The molecule has 138 valence electrons. The van der Waals surface area contributed by atoms with Gasteiger partial charge in [-0.1, -0.05) is 41.5 Å². The molecular weight excluding hydrogens is 310 g/mol. The fraction of sp³-hybridized carbons (Fsp3) is 0.682. The van der Waals surface area contributed by atoms with Gasteiger partial charge in [0.05, 0.1) is 0 Å². The first-order valence-corrected chi connectivity index (χ1v) is 9.43. The van der Waals surface area contributed by atoms with Gasteiger partial charge in [0.1, 0.15) is 16.9 Å². The first kappa shape index (κ1) is 18.3. The van der Waals surface area contributed by atoms with Crippen molar-refractivity contribution in [3.63, 3.8) is 0 Å². The Morgan fingerprint density at radius 3 is 2.44 bits per heavy atom. The highest BCUT2D eigenvalue weighted by Gasteiger charge is 2.38. The van der Waals surface area contributed by atoms with E-state index in [1.165, 1.54) is 11.1 Å². The third-order valence-corrected chi connectivity index (χ3v) is 5.15. The maximum Gasteiger partial charge on any atom is 0.192 e. The molecule has 0 saturated heterocycles. The summed E-state index contributed by atoms with van der Waals surface area (Å²) in [6.45, 7) is 20.0. The van der Waals surface area contributed by atoms with E-state index in [4.69, 9.17) is 14.1 Å². The van der Waals surface area contributed by atoms with Gasteiger partial charge < -0.3 is 9.15 Å². The summed E-state index contributed by atoms with van der Waals surface area (Å²) in [5.41, 5.74) is 4.42. The van der Waals surface area contributed by atoms with E-state index in [9.17, 15) is 0 Å². The lowest BCUT2D eigenvalue weighted by molar-refractivity contribution is 0.0749. The summed E-state index contributed by atoms with van der Waals surface area (Å²) in [5.74, 6) is 2.13. The van der Waals surface area contributed by atoms with Gasteiger partial charge in [0, 0.05) is 18.1 Å². The number of benzene rings is 1. The molecule has 1 aromatic carbocycles. The smallest absolute Gasteiger partial charge is 0.192 e. The fourth-order valence-corrected chi connectivity index (χ4v) is 4.85. The van der Waals surface area contributed by atoms with Gasteiger partial charge in [-0.25, -0.2) is 4.98 Å². The second-order valence-electron chi connectivity index (χ2n) is 10.3. The maximum atomic E-state index is 6.39. The molecule has 2 aromatic rings. The van der Waals surface area contributed by atoms with E-state index in [1.807, 2.05) is 6.92 Å². The second kappa shape index (κ2) is 5.49. The van der Waals surface area contributed by atoms with Crippen LogP contribution in [0.1, 0.15) is 91.2 Å². The van der Waals surface area contributed by atoms with Crippen molar-refractivity contribution in [2.24, 2.45) is 5.41 Å². The summed E-state index contributed by atoms with van der Waals surface area (Å²) in [5, 5.41) is 0. The van der Waals surface area contributed by atoms with Gasteiger partial charge in [-0.05, 0) is 49.5 Å². The van der Waals surface area contributed by atoms with E-state index in [0.29, 0.717) is 5.92 Å². The molecule has 3 rings (SSSR count). The van der Waals surface area contributed by atoms with Crippen LogP contribution in [0.2, 0.25) is 0 Å². The van der Waals surface area contributed by atoms with E-state index >= 15 is 0 Å². The van der Waals surface area contributed by atoms with E-state index in [-0.39, 0.29) is 16.4 Å². The van der Waals surface area contributed by atoms with E-state index in [1.54, 1.807) is 0 Å². The Morgan fingerprint density at radius 2 is 1.84 bits per heavy atom. The van der Waals surface area contributed by atoms with Crippen molar-refractivity contribution in [1.82, 2.24) is 4.98 Å². The van der Waals surface area contributed by atoms with Crippen LogP contribution in [0.25, 0.3) is 11.1 Å². The topological polar surface area (TPSA) is 35.3 Å². The molecule has 2 heterocycles. The van der Waals surface area contributed by atoms with Crippen molar-refractivity contribution in [3.05, 3.63) is 23.1 Å². The minimum atomic E-state index is -0.148. The Balaban J connectivity index is 2.26. The Bertz CT molecular complexity index is 806. The summed E-state index contributed by atoms with van der Waals surface area (Å²) in [6.07, 6.45) is 2.05. The predicted molar refractivity (Wildman–Crippen MR) is 104 cm³/mol. The van der Waals surface area contributed by atoms with E-state index < -0.39 is 0 Å². The summed E-state index contributed by atoms with van der Waals surface area (Å²) in [4.78, 5) is 4.75. The lowest BCUT2D eigenvalue weighted by atomic mass is 9.71. The summed E-state index contributed by atoms with van der Waals surface area (Å²) >= 11 is 0. The maximum absolute atomic E-state index is 6.39. The number of hydrogen-bond donors (Lipinski definition) is 0. The fourth-order valence-electron chi connectivity index (χ4n) is 4.85. The van der Waals surface area contributed by atoms with Crippen molar-refractivity contribution < 1.29 is 9.15 Å². The molecule has 0 amide bonds. The van der Waals surface area contributed by atoms with Crippen molar-refractivity contribution in [3.8, 4) is 5.75 Å². The molecule has 1 aliphatic heterocycles. The van der Waals surface area contributed by atoms with Crippen LogP contribution in [0.4, 0.5) is 0 Å². The highest BCUT2D eigenvalue weighted by atomic mass is 16.5. The second-order valence-corrected chi connectivity index (χ2v) is 10.3. The van der Waals surface area contributed by atoms with Crippen LogP contribution in [0, 0.1) is 12.3 Å². The van der Waals surface area contributed by atoms with Crippen molar-refractivity contribution in [2.75, 3.05) is 0 Å². The van der Waals surface area contributed by atoms with Crippen LogP contribution in [0.15, 0.2) is 10.5 Å². The van der Waals surface area contributed by atoms with E-state index in [0.717, 1.165) is 35.6 Å². The molecule has 0 aliphatic carbocycles. The van der Waals surface area contributed by atoms with Crippen LogP contribution >= 0.6 is 0 Å². The first-order valence-electron chi connectivity index (χ1n) is 9.43. The molecule has 0 spiro atoms. The third-order valence-electron chi connectivity index (χ3n) is 5.15. The van der Waals surface area contributed by atoms with Crippen molar-refractivity contribution in [2.45, 2.75) is 92.1 Å². The number of fused-ring (bicyclic) bond motifs is 3. The molecular formula is C22H33NO2. The molecule has 0 radical (unpaired) electrons. The molecule has 3 nitrogen and oxygen atoms in total. The number of aryl methyl sites for hydroxylation is 1. The van der Waals surface area contributed by atoms with Crippen LogP contribution in [0.3, 0.4) is 0 Å². The lowest BCUT2D eigenvalue weighted by Crippen LogP contribution is -2.34. The third kappa shape index (κ3) is 3.43. The van der Waals surface area contributed by atoms with Crippen LogP contribution in [0.5, 0.6) is 5.75 Å². The highest BCUT2D eigenvalue weighted by molar-refractivity contribution is 5.85. The van der Waals surface area contributed by atoms with Gasteiger partial charge in [-0.2, -0.15) is 0 Å². The predicted octanol–water partition coefficient (Wildman–Crippen LogP) is 6.51. The van der Waals surface area contributed by atoms with Gasteiger partial charge >= 0.3 is 0 Å². The van der Waals surface area contributed by atoms with Gasteiger partial charge in [-0.3, -0.25) is 0 Å². The molecule has 0 fully saturated rings. The average molecular weight is 344 g/mol. The molecule has 1 unspecified atom stereocenters. The summed E-state index contributed by atoms with van der Waals surface area (Å²) in [7, 11) is 0. The van der Waals surface area contributed by atoms with Crippen LogP contribution in [-0.2, 0) is 5.41 Å². The Labute approximate surface area is 152 Å². The number of nitrogens with zero attached hydrogens (tertiary/aromatic N) is 1. The Hall–Kier alpha value is -1.51. The molecule has 1 atom stereocenters. The molecule has 1 aromatic heterocycles. The summed E-state index contributed by atoms with van der Waals surface area (Å²) < 4.78 is 12.5. The van der Waals surface area contributed by atoms with Crippen molar-refractivity contribution in [1.29, 1.82) is 0 Å². The number of oxazole rings is 1. The van der Waals surface area contributed by atoms with Crippen LogP contribution in [-0.4, -0.2) is 10.6 Å². The molecule has 0 bridgehead atoms. The SMILES string of the molecule is Cc1nc2c3c(cc(C(C)(C)CC(C)(C)C)c2o1)OC(C)(C)CC3C. The normalized spacial score (nSPS) is 20.4. The van der Waals surface area contributed by atoms with E-state index in [2.05, 4.69) is 61.5 Å². The molecule has 3 heteroatoms. The molecule has 25 heavy (non-hydrogen) atoms. The lowest BCUT2D eigenvalue weighted by Gasteiger charge is -2.38. The number of hydrogen-bond acceptors (Lipinski definition) is 3. The zero-order chi connectivity index (χ0) is 18.8. The average Bonchev–Trinajstić information content (AvgIpc) is 2.73. The zero-order valence-corrected chi connectivity index (χ0v) is 17.3. The highest BCUT2D eigenvalue weighted by Crippen LogP contribution is 2.48. The van der Waals surface area contributed by atoms with Gasteiger partial charge in [-0.15, -0.1) is 0 Å². The molecule has 0 N–H and O–H groups in total. The Kier molecular flexibility index (Phi) is 4.02. The first-order chi connectivity index (χ1) is 11.3.